The number of nitrogens with one attached hydrogen (secondary N) is 1. The molecule has 1 saturated heterocycles. The molecule has 1 aliphatic heterocycles. The number of rotatable bonds is 4. The first-order valence-corrected chi connectivity index (χ1v) is 11.4. The van der Waals surface area contributed by atoms with E-state index in [4.69, 9.17) is 14.7 Å². The van der Waals surface area contributed by atoms with Gasteiger partial charge in [-0.2, -0.15) is 0 Å². The van der Waals surface area contributed by atoms with Crippen LogP contribution in [0.15, 0.2) is 36.8 Å². The Morgan fingerprint density at radius 2 is 2.10 bits per heavy atom. The largest absolute Gasteiger partial charge is 0.377 e. The molecule has 1 N–H and O–H groups in total. The predicted molar refractivity (Wildman–Crippen MR) is 117 cm³/mol. The van der Waals surface area contributed by atoms with E-state index >= 15 is 0 Å². The van der Waals surface area contributed by atoms with E-state index in [9.17, 15) is 4.21 Å². The quantitative estimate of drug-likeness (QED) is 0.544. The third-order valence-corrected chi connectivity index (χ3v) is 7.56. The number of fused-ring (bicyclic) bond motifs is 2. The zero-order valence-electron chi connectivity index (χ0n) is 16.6. The van der Waals surface area contributed by atoms with Gasteiger partial charge < -0.3 is 14.6 Å². The molecule has 0 spiro atoms. The van der Waals surface area contributed by atoms with Gasteiger partial charge in [0, 0.05) is 36.1 Å². The monoisotopic (exact) mass is 422 g/mol. The number of hydrogen-bond donors (Lipinski definition) is 1. The Bertz CT molecular complexity index is 1280. The van der Waals surface area contributed by atoms with Crippen molar-refractivity contribution in [3.63, 3.8) is 0 Å². The number of morpholine rings is 1. The molecule has 1 saturated carbocycles. The highest BCUT2D eigenvalue weighted by atomic mass is 32.2. The van der Waals surface area contributed by atoms with E-state index < -0.39 is 11.0 Å². The molecule has 0 radical (unpaired) electrons. The van der Waals surface area contributed by atoms with Crippen molar-refractivity contribution in [1.29, 1.82) is 0 Å². The molecule has 0 amide bonds. The second-order valence-corrected chi connectivity index (χ2v) is 9.55. The summed E-state index contributed by atoms with van der Waals surface area (Å²) in [6.45, 7) is 4.23. The zero-order valence-corrected chi connectivity index (χ0v) is 17.4. The summed E-state index contributed by atoms with van der Waals surface area (Å²) in [7, 11) is -1.11. The highest BCUT2D eigenvalue weighted by Crippen LogP contribution is 2.35. The minimum Gasteiger partial charge on any atom is -0.377 e. The molecular formula is C21H22N6O2S. The molecule has 8 nitrogen and oxygen atoms in total. The van der Waals surface area contributed by atoms with Crippen LogP contribution in [0.2, 0.25) is 0 Å². The van der Waals surface area contributed by atoms with Crippen LogP contribution >= 0.6 is 0 Å². The van der Waals surface area contributed by atoms with Crippen molar-refractivity contribution in [2.24, 2.45) is 0 Å². The molecule has 2 unspecified atom stereocenters. The van der Waals surface area contributed by atoms with Gasteiger partial charge in [0.05, 0.1) is 29.9 Å². The number of H-pyrrole nitrogens is 1. The van der Waals surface area contributed by atoms with Gasteiger partial charge in [0.2, 0.25) is 0 Å². The van der Waals surface area contributed by atoms with Gasteiger partial charge in [-0.05, 0) is 38.0 Å². The molecule has 4 aromatic rings. The number of pyridine rings is 1. The Hall–Kier alpha value is -2.78. The summed E-state index contributed by atoms with van der Waals surface area (Å²) in [5.74, 6) is 1.49. The van der Waals surface area contributed by atoms with E-state index in [0.29, 0.717) is 19.0 Å². The first-order valence-electron chi connectivity index (χ1n) is 10.3. The number of nitrogens with zero attached hydrogens (tertiary/aromatic N) is 5. The first-order chi connectivity index (χ1) is 14.7. The van der Waals surface area contributed by atoms with Crippen molar-refractivity contribution < 1.29 is 8.95 Å². The van der Waals surface area contributed by atoms with Crippen LogP contribution in [0.4, 0.5) is 5.82 Å². The van der Waals surface area contributed by atoms with E-state index in [-0.39, 0.29) is 11.3 Å². The molecule has 5 heterocycles. The van der Waals surface area contributed by atoms with Gasteiger partial charge in [0.25, 0.3) is 0 Å². The maximum absolute atomic E-state index is 13.0. The highest BCUT2D eigenvalue weighted by Gasteiger charge is 2.32. The summed E-state index contributed by atoms with van der Waals surface area (Å²) in [6.07, 6.45) is 7.54. The number of ether oxygens (including phenoxy) is 1. The molecule has 0 bridgehead atoms. The summed E-state index contributed by atoms with van der Waals surface area (Å²) < 4.78 is 20.5. The van der Waals surface area contributed by atoms with Crippen LogP contribution in [-0.4, -0.2) is 59.2 Å². The van der Waals surface area contributed by atoms with E-state index in [1.807, 2.05) is 34.6 Å². The predicted octanol–water partition coefficient (Wildman–Crippen LogP) is 2.87. The van der Waals surface area contributed by atoms with Gasteiger partial charge in [-0.25, -0.2) is 23.1 Å². The molecule has 2 fully saturated rings. The topological polar surface area (TPSA) is 88.9 Å². The zero-order chi connectivity index (χ0) is 20.2. The van der Waals surface area contributed by atoms with Gasteiger partial charge in [-0.3, -0.25) is 0 Å². The Kier molecular flexibility index (Phi) is 4.14. The molecule has 1 aliphatic carbocycles. The second kappa shape index (κ2) is 6.88. The van der Waals surface area contributed by atoms with Crippen LogP contribution in [-0.2, 0) is 15.7 Å². The van der Waals surface area contributed by atoms with Crippen LogP contribution in [0.5, 0.6) is 0 Å². The fraction of sp³-hybridized carbons (Fsp3) is 0.381. The second-order valence-electron chi connectivity index (χ2n) is 7.94. The van der Waals surface area contributed by atoms with Gasteiger partial charge in [0.15, 0.2) is 11.5 Å². The highest BCUT2D eigenvalue weighted by molar-refractivity contribution is 7.84. The molecular weight excluding hydrogens is 400 g/mol. The summed E-state index contributed by atoms with van der Waals surface area (Å²) in [5.41, 5.74) is 2.43. The summed E-state index contributed by atoms with van der Waals surface area (Å²) >= 11 is 0. The van der Waals surface area contributed by atoms with Crippen molar-refractivity contribution in [3.05, 3.63) is 36.8 Å². The Morgan fingerprint density at radius 3 is 2.93 bits per heavy atom. The Balaban J connectivity index is 1.60. The van der Waals surface area contributed by atoms with Crippen LogP contribution in [0, 0.1) is 0 Å². The maximum atomic E-state index is 13.0. The van der Waals surface area contributed by atoms with Crippen molar-refractivity contribution >= 4 is 38.9 Å². The number of anilines is 1. The fourth-order valence-corrected chi connectivity index (χ4v) is 5.44. The third kappa shape index (κ3) is 2.84. The number of aromatic nitrogens is 5. The normalized spacial score (nSPS) is 20.8. The molecule has 2 aliphatic rings. The summed E-state index contributed by atoms with van der Waals surface area (Å²) in [6, 6.07) is 6.13. The maximum Gasteiger partial charge on any atom is 0.164 e. The summed E-state index contributed by atoms with van der Waals surface area (Å²) in [5, 5.41) is 2.13. The molecule has 0 aromatic carbocycles. The van der Waals surface area contributed by atoms with Crippen LogP contribution in [0.25, 0.3) is 33.5 Å². The minimum absolute atomic E-state index is 0.201. The van der Waals surface area contributed by atoms with E-state index in [1.54, 1.807) is 6.20 Å². The van der Waals surface area contributed by atoms with Gasteiger partial charge >= 0.3 is 0 Å². The molecule has 4 aromatic heterocycles. The SMILES string of the molecule is CC1COCCN1c1nc(-c2ccnc3[nH]ccc23)nc2c1ccn2S(=O)C1CC1. The van der Waals surface area contributed by atoms with Crippen LogP contribution in [0.3, 0.4) is 0 Å². The Morgan fingerprint density at radius 1 is 1.20 bits per heavy atom. The van der Waals surface area contributed by atoms with E-state index in [0.717, 1.165) is 52.8 Å². The lowest BCUT2D eigenvalue weighted by atomic mass is 10.1. The van der Waals surface area contributed by atoms with Gasteiger partial charge in [-0.1, -0.05) is 0 Å². The number of aromatic amines is 1. The lowest BCUT2D eigenvalue weighted by Gasteiger charge is -2.34. The first kappa shape index (κ1) is 18.0. The van der Waals surface area contributed by atoms with Crippen molar-refractivity contribution in [2.75, 3.05) is 24.7 Å². The Labute approximate surface area is 175 Å². The van der Waals surface area contributed by atoms with E-state index in [1.165, 1.54) is 0 Å². The van der Waals surface area contributed by atoms with Crippen molar-refractivity contribution in [3.8, 4) is 11.4 Å². The molecule has 6 rings (SSSR count). The van der Waals surface area contributed by atoms with Crippen molar-refractivity contribution in [2.45, 2.75) is 31.1 Å². The number of hydrogen-bond acceptors (Lipinski definition) is 6. The van der Waals surface area contributed by atoms with Crippen LogP contribution < -0.4 is 4.90 Å². The average Bonchev–Trinajstić information content (AvgIpc) is 3.35. The molecule has 154 valence electrons. The van der Waals surface area contributed by atoms with Crippen molar-refractivity contribution in [1.82, 2.24) is 23.9 Å². The minimum atomic E-state index is -1.11. The standard InChI is InChI=1S/C21H22N6O2S/c1-13-12-29-11-10-26(13)20-17-6-9-27(30(28)14-2-3-14)21(17)25-19(24-20)16-5-8-23-18-15(16)4-7-22-18/h4-9,13-14H,2-3,10-12H2,1H3,(H,22,23). The van der Waals surface area contributed by atoms with Gasteiger partial charge in [-0.15, -0.1) is 0 Å². The fourth-order valence-electron chi connectivity index (χ4n) is 4.09. The van der Waals surface area contributed by atoms with Crippen LogP contribution in [0.1, 0.15) is 19.8 Å². The lowest BCUT2D eigenvalue weighted by molar-refractivity contribution is 0.0987. The smallest absolute Gasteiger partial charge is 0.164 e. The molecule has 30 heavy (non-hydrogen) atoms. The molecule has 2 atom stereocenters. The van der Waals surface area contributed by atoms with Gasteiger partial charge in [0.1, 0.15) is 22.5 Å². The average molecular weight is 423 g/mol. The third-order valence-electron chi connectivity index (χ3n) is 5.83. The lowest BCUT2D eigenvalue weighted by Crippen LogP contribution is -2.44. The molecule has 9 heteroatoms. The van der Waals surface area contributed by atoms with E-state index in [2.05, 4.69) is 21.8 Å². The summed E-state index contributed by atoms with van der Waals surface area (Å²) in [4.78, 5) is 19.7.